The van der Waals surface area contributed by atoms with E-state index in [4.69, 9.17) is 23.7 Å². The lowest BCUT2D eigenvalue weighted by atomic mass is 9.77. The molecule has 7 aromatic rings. The number of amides is 10. The fraction of sp³-hybridized carbons (Fsp3) is 0.419. The van der Waals surface area contributed by atoms with E-state index in [1.54, 1.807) is 100 Å². The smallest absolute Gasteiger partial charge is 0.412 e. The second kappa shape index (κ2) is 39.7. The number of aliphatic hydroxyl groups is 1. The summed E-state index contributed by atoms with van der Waals surface area (Å²) in [5, 5.41) is 34.7. The van der Waals surface area contributed by atoms with Crippen molar-refractivity contribution in [3.63, 3.8) is 0 Å². The van der Waals surface area contributed by atoms with Crippen LogP contribution in [0.4, 0.5) is 15.3 Å². The molecule has 10 rings (SSSR count). The number of anilines is 1. The number of hydrogen-bond acceptors (Lipinski definition) is 20. The molecule has 3 aliphatic rings. The van der Waals surface area contributed by atoms with Crippen molar-refractivity contribution in [1.29, 1.82) is 0 Å². The fourth-order valence-electron chi connectivity index (χ4n) is 15.7. The molecule has 0 radical (unpaired) electrons. The van der Waals surface area contributed by atoms with Gasteiger partial charge in [-0.1, -0.05) is 227 Å². The van der Waals surface area contributed by atoms with Crippen LogP contribution >= 0.6 is 11.8 Å². The molecule has 9 N–H and O–H groups in total. The number of thioether (sulfide) groups is 1. The molecule has 2 fully saturated rings. The first-order chi connectivity index (χ1) is 57.7. The Morgan fingerprint density at radius 3 is 1.54 bits per heavy atom. The Balaban J connectivity index is 1.03. The van der Waals surface area contributed by atoms with Crippen LogP contribution in [0.2, 0.25) is 0 Å². The number of imide groups is 1. The zero-order valence-corrected chi connectivity index (χ0v) is 72.1. The Morgan fingerprint density at radius 2 is 1.06 bits per heavy atom. The largest absolute Gasteiger partial charge is 0.462 e. The third-order valence-electron chi connectivity index (χ3n) is 21.4. The Morgan fingerprint density at radius 1 is 0.557 bits per heavy atom. The number of nitrogens with zero attached hydrogens (tertiary/aromatic N) is 2. The molecule has 0 bridgehead atoms. The quantitative estimate of drug-likeness (QED) is 0.0107. The van der Waals surface area contributed by atoms with Crippen LogP contribution in [0.15, 0.2) is 206 Å². The monoisotopic (exact) mass is 1690 g/mol. The van der Waals surface area contributed by atoms with Gasteiger partial charge in [0, 0.05) is 56.2 Å². The number of carbonyl (C=O) groups is 12. The fourth-order valence-corrected chi connectivity index (χ4v) is 17.3. The molecule has 3 heterocycles. The minimum atomic E-state index is -1.94. The van der Waals surface area contributed by atoms with Crippen LogP contribution in [0.5, 0.6) is 0 Å². The van der Waals surface area contributed by atoms with E-state index < -0.39 is 190 Å². The number of rotatable bonds is 32. The van der Waals surface area contributed by atoms with E-state index in [-0.39, 0.29) is 31.6 Å². The Kier molecular flexibility index (Phi) is 30.1. The summed E-state index contributed by atoms with van der Waals surface area (Å²) >= 11 is 1.25. The lowest BCUT2D eigenvalue weighted by Crippen LogP contribution is -2.60. The summed E-state index contributed by atoms with van der Waals surface area (Å²) in [6, 6.07) is 51.6. The lowest BCUT2D eigenvalue weighted by Gasteiger charge is -2.38. The maximum absolute atomic E-state index is 16.6. The average molecular weight is 1690 g/mol. The second-order valence-electron chi connectivity index (χ2n) is 34.0. The highest BCUT2D eigenvalue weighted by Gasteiger charge is 2.61. The van der Waals surface area contributed by atoms with Gasteiger partial charge in [0.05, 0.1) is 29.4 Å². The van der Waals surface area contributed by atoms with Crippen molar-refractivity contribution in [2.24, 2.45) is 11.8 Å². The van der Waals surface area contributed by atoms with E-state index in [0.717, 1.165) is 40.3 Å². The number of ether oxygens (including phenoxy) is 5. The van der Waals surface area contributed by atoms with E-state index in [1.165, 1.54) is 18.7 Å². The summed E-state index contributed by atoms with van der Waals surface area (Å²) in [7, 11) is 0. The Hall–Kier alpha value is -12.0. The number of hydrogen-bond donors (Lipinski definition) is 9. The van der Waals surface area contributed by atoms with Crippen LogP contribution in [0.1, 0.15) is 162 Å². The van der Waals surface area contributed by atoms with Gasteiger partial charge in [0.2, 0.25) is 35.4 Å². The molecule has 122 heavy (non-hydrogen) atoms. The van der Waals surface area contributed by atoms with Crippen molar-refractivity contribution in [2.45, 2.75) is 210 Å². The number of para-hydroxylation sites is 1. The number of urea groups is 1. The highest BCUT2D eigenvalue weighted by atomic mass is 32.2. The average Bonchev–Trinajstić information content (AvgIpc) is 1.55. The van der Waals surface area contributed by atoms with Gasteiger partial charge < -0.3 is 70.9 Å². The van der Waals surface area contributed by atoms with Crippen molar-refractivity contribution in [3.05, 3.63) is 245 Å². The number of carbonyl (C=O) groups excluding carboxylic acids is 12. The number of fused-ring (bicyclic) bond motifs is 3. The van der Waals surface area contributed by atoms with Crippen LogP contribution in [-0.2, 0) is 87.5 Å². The summed E-state index contributed by atoms with van der Waals surface area (Å²) < 4.78 is 27.9. The molecule has 3 aliphatic heterocycles. The first kappa shape index (κ1) is 92.3. The third kappa shape index (κ3) is 22.6. The van der Waals surface area contributed by atoms with Crippen molar-refractivity contribution in [2.75, 3.05) is 30.8 Å². The molecular weight excluding hydrogens is 1580 g/mol. The van der Waals surface area contributed by atoms with Gasteiger partial charge in [-0.15, -0.1) is 11.8 Å². The van der Waals surface area contributed by atoms with E-state index in [1.807, 2.05) is 182 Å². The minimum absolute atomic E-state index is 0.219. The molecule has 0 spiro atoms. The maximum atomic E-state index is 16.6. The van der Waals surface area contributed by atoms with Crippen LogP contribution < -0.4 is 42.5 Å². The number of nitrogens with one attached hydrogen (secondary N) is 8. The molecule has 7 aromatic carbocycles. The molecule has 28 nitrogen and oxygen atoms in total. The molecule has 0 saturated carbocycles. The molecule has 648 valence electrons. The van der Waals surface area contributed by atoms with Crippen LogP contribution in [0.3, 0.4) is 0 Å². The first-order valence-electron chi connectivity index (χ1n) is 40.9. The molecule has 5 unspecified atom stereocenters. The van der Waals surface area contributed by atoms with E-state index in [0.29, 0.717) is 27.9 Å². The second-order valence-corrected chi connectivity index (χ2v) is 35.2. The number of benzene rings is 7. The van der Waals surface area contributed by atoms with Gasteiger partial charge in [-0.25, -0.2) is 14.4 Å². The van der Waals surface area contributed by atoms with Crippen LogP contribution in [-0.4, -0.2) is 183 Å². The highest BCUT2D eigenvalue weighted by molar-refractivity contribution is 8.00. The van der Waals surface area contributed by atoms with E-state index in [2.05, 4.69) is 42.5 Å². The van der Waals surface area contributed by atoms with E-state index >= 15 is 24.0 Å². The normalized spacial score (nSPS) is 18.6. The van der Waals surface area contributed by atoms with Crippen molar-refractivity contribution >= 4 is 88.8 Å². The van der Waals surface area contributed by atoms with Crippen molar-refractivity contribution in [1.82, 2.24) is 47.0 Å². The SMILES string of the molecule is CC[C@H](C)[C@H](NC(=O)NC(=O)C1CC2(O)c3ccccc3NC2N1C(=O)OC(C)(C)C)C(=O)NCC(=O)NC(CSC(c1ccccc1)(c1ccccc1)c1ccccc1)C(=O)NC(CC(=O)NC(c1ccccc1)(c1ccccc1)c1ccccc1)C(=O)N1C[C@H](OC(C)(C)C)C[C@H]1C(=O)N[C@H](C(=O)OC(C)(C)C)[C@@H](C)[C@H](COC(C)=O)OC(C)=O. The molecule has 29 heteroatoms. The number of likely N-dealkylation sites (tertiary alicyclic amines) is 2. The summed E-state index contributed by atoms with van der Waals surface area (Å²) in [6.45, 7) is 20.5. The molecule has 0 aromatic heterocycles. The zero-order chi connectivity index (χ0) is 88.7. The highest BCUT2D eigenvalue weighted by Crippen LogP contribution is 2.51. The van der Waals surface area contributed by atoms with Crippen molar-refractivity contribution in [3.8, 4) is 0 Å². The van der Waals surface area contributed by atoms with E-state index in [9.17, 15) is 38.7 Å². The third-order valence-corrected chi connectivity index (χ3v) is 23.1. The first-order valence-corrected chi connectivity index (χ1v) is 41.9. The Bertz CT molecular complexity index is 4670. The summed E-state index contributed by atoms with van der Waals surface area (Å²) in [5.41, 5.74) is -1.39. The van der Waals surface area contributed by atoms with Gasteiger partial charge in [0.25, 0.3) is 5.91 Å². The molecule has 0 aliphatic carbocycles. The summed E-state index contributed by atoms with van der Waals surface area (Å²) in [4.78, 5) is 179. The maximum Gasteiger partial charge on any atom is 0.412 e. The predicted molar refractivity (Wildman–Crippen MR) is 459 cm³/mol. The predicted octanol–water partition coefficient (Wildman–Crippen LogP) is 9.93. The Labute approximate surface area is 716 Å². The van der Waals surface area contributed by atoms with Gasteiger partial charge in [-0.3, -0.25) is 53.4 Å². The van der Waals surface area contributed by atoms with Gasteiger partial charge in [0.15, 0.2) is 0 Å². The standard InChI is InChI=1S/C93H112N10O18S/c1-15-57(2)77(99-86(114)100-81(110)73-52-91(116)68-48-34-35-49-69(68)97-85(91)103(73)87(115)121-90(12,13)14)82(111)94-53-76(107)95-71(56-122-93(64-42-28-19-29-43-64,65-44-30-20-31-45-65)66-46-32-21-33-47-66)79(108)96-70(51-75(106)101-92(61-36-22-16-23-37-61,62-38-24-17-25-39-62)63-40-26-18-27-41-63)83(112)102-54-67(119-88(6,7)8)50-72(102)80(109)98-78(84(113)120-89(9,10)11)58(3)74(118-60(5)105)55-117-59(4)104/h16-49,57-58,67,70-74,77-78,85,97,116H,15,50-56H2,1-14H3,(H,94,111)(H,95,107)(H,96,108)(H,98,109)(H,101,106)(H2,99,100,110,114)/t57-,58-,67+,70?,71?,72-,73?,74-,77-,78-,85?,91?/m0/s1. The molecule has 12 atom stereocenters. The van der Waals surface area contributed by atoms with Gasteiger partial charge in [0.1, 0.15) is 77.5 Å². The minimum Gasteiger partial charge on any atom is -0.462 e. The summed E-state index contributed by atoms with van der Waals surface area (Å²) in [5.74, 6) is -11.3. The molecular formula is C93H112N10O18S. The lowest BCUT2D eigenvalue weighted by molar-refractivity contribution is -0.168. The number of esters is 3. The topological polar surface area (TPSA) is 374 Å². The van der Waals surface area contributed by atoms with Gasteiger partial charge in [-0.2, -0.15) is 0 Å². The van der Waals surface area contributed by atoms with Gasteiger partial charge in [-0.05, 0) is 108 Å². The molecule has 10 amide bonds. The van der Waals surface area contributed by atoms with Crippen molar-refractivity contribution < 1.29 is 86.3 Å². The van der Waals surface area contributed by atoms with Crippen LogP contribution in [0, 0.1) is 11.8 Å². The van der Waals surface area contributed by atoms with Gasteiger partial charge >= 0.3 is 30.0 Å². The summed E-state index contributed by atoms with van der Waals surface area (Å²) in [6.07, 6.45) is -5.54. The zero-order valence-electron chi connectivity index (χ0n) is 71.3. The van der Waals surface area contributed by atoms with Crippen LogP contribution in [0.25, 0.3) is 0 Å². The molecule has 2 saturated heterocycles.